The lowest BCUT2D eigenvalue weighted by atomic mass is 9.62. The summed E-state index contributed by atoms with van der Waals surface area (Å²) in [6, 6.07) is 16.2. The second-order valence-corrected chi connectivity index (χ2v) is 9.19. The van der Waals surface area contributed by atoms with Crippen molar-refractivity contribution in [1.29, 1.82) is 0 Å². The summed E-state index contributed by atoms with van der Waals surface area (Å²) in [5.74, 6) is 1.04. The number of hydrogen-bond donors (Lipinski definition) is 2. The van der Waals surface area contributed by atoms with Crippen molar-refractivity contribution in [2.24, 2.45) is 11.7 Å². The number of hydrogen-bond acceptors (Lipinski definition) is 3. The van der Waals surface area contributed by atoms with Gasteiger partial charge in [0.2, 0.25) is 0 Å². The van der Waals surface area contributed by atoms with Crippen molar-refractivity contribution in [2.75, 3.05) is 0 Å². The standard InChI is InChI=1S/C25H29ClN2O2/c1-16(2)23(27)25(18-6-4-3-5-7-18)11-8-19(9-12-25)30-22-14-17-10-13-28-24(29)20(17)15-21(22)26/h3-7,10,13-16,19,23H,8-9,11-12,27H2,1-2H3,(H,28,29)/t19-,23?,25-. The van der Waals surface area contributed by atoms with E-state index in [1.54, 1.807) is 12.3 Å². The van der Waals surface area contributed by atoms with Gasteiger partial charge in [-0.1, -0.05) is 55.8 Å². The summed E-state index contributed by atoms with van der Waals surface area (Å²) in [7, 11) is 0. The lowest BCUT2D eigenvalue weighted by molar-refractivity contribution is 0.0959. The van der Waals surface area contributed by atoms with Gasteiger partial charge in [0.05, 0.1) is 11.1 Å². The predicted octanol–water partition coefficient (Wildman–Crippen LogP) is 5.42. The molecule has 30 heavy (non-hydrogen) atoms. The SMILES string of the molecule is CC(C)C(N)[C@]1(c2ccccc2)CC[C@@H](Oc2cc3cc[nH]c(=O)c3cc2Cl)CC1. The smallest absolute Gasteiger partial charge is 0.255 e. The number of rotatable bonds is 5. The van der Waals surface area contributed by atoms with Crippen molar-refractivity contribution >= 4 is 22.4 Å². The van der Waals surface area contributed by atoms with Crippen LogP contribution in [0.1, 0.15) is 45.1 Å². The number of H-pyrrole nitrogens is 1. The summed E-state index contributed by atoms with van der Waals surface area (Å²) < 4.78 is 6.32. The molecule has 3 N–H and O–H groups in total. The molecule has 0 radical (unpaired) electrons. The minimum Gasteiger partial charge on any atom is -0.489 e. The highest BCUT2D eigenvalue weighted by Gasteiger charge is 2.43. The molecule has 0 bridgehead atoms. The number of pyridine rings is 1. The lowest BCUT2D eigenvalue weighted by Gasteiger charge is -2.46. The molecule has 1 saturated carbocycles. The summed E-state index contributed by atoms with van der Waals surface area (Å²) in [5.41, 5.74) is 7.91. The molecule has 1 unspecified atom stereocenters. The van der Waals surface area contributed by atoms with Crippen molar-refractivity contribution in [3.63, 3.8) is 0 Å². The first-order chi connectivity index (χ1) is 14.4. The number of benzene rings is 2. The minimum atomic E-state index is -0.145. The third kappa shape index (κ3) is 3.86. The van der Waals surface area contributed by atoms with Crippen molar-refractivity contribution in [1.82, 2.24) is 4.98 Å². The molecule has 5 heteroatoms. The van der Waals surface area contributed by atoms with Crippen LogP contribution in [0.5, 0.6) is 5.75 Å². The zero-order valence-electron chi connectivity index (χ0n) is 17.5. The van der Waals surface area contributed by atoms with Gasteiger partial charge in [0.15, 0.2) is 0 Å². The van der Waals surface area contributed by atoms with E-state index in [9.17, 15) is 4.79 Å². The average molecular weight is 425 g/mol. The van der Waals surface area contributed by atoms with E-state index in [1.165, 1.54) is 5.56 Å². The van der Waals surface area contributed by atoms with Crippen molar-refractivity contribution in [3.05, 3.63) is 75.7 Å². The Kier molecular flexibility index (Phi) is 5.90. The molecule has 0 spiro atoms. The first-order valence-corrected chi connectivity index (χ1v) is 11.1. The normalized spacial score (nSPS) is 22.9. The van der Waals surface area contributed by atoms with Gasteiger partial charge in [0.25, 0.3) is 5.56 Å². The van der Waals surface area contributed by atoms with E-state index in [-0.39, 0.29) is 23.1 Å². The highest BCUT2D eigenvalue weighted by molar-refractivity contribution is 6.32. The Balaban J connectivity index is 1.56. The maximum Gasteiger partial charge on any atom is 0.255 e. The number of fused-ring (bicyclic) bond motifs is 1. The van der Waals surface area contributed by atoms with E-state index in [2.05, 4.69) is 49.2 Å². The zero-order chi connectivity index (χ0) is 21.3. The van der Waals surface area contributed by atoms with Gasteiger partial charge in [-0.25, -0.2) is 0 Å². The summed E-state index contributed by atoms with van der Waals surface area (Å²) in [5, 5.41) is 1.87. The fourth-order valence-corrected chi connectivity index (χ4v) is 5.11. The molecular weight excluding hydrogens is 396 g/mol. The summed E-state index contributed by atoms with van der Waals surface area (Å²) in [6.07, 6.45) is 5.51. The third-order valence-electron chi connectivity index (χ3n) is 6.65. The van der Waals surface area contributed by atoms with E-state index in [1.807, 2.05) is 12.1 Å². The van der Waals surface area contributed by atoms with Crippen LogP contribution in [0.3, 0.4) is 0 Å². The van der Waals surface area contributed by atoms with Crippen molar-refractivity contribution < 1.29 is 4.74 Å². The summed E-state index contributed by atoms with van der Waals surface area (Å²) in [4.78, 5) is 14.7. The van der Waals surface area contributed by atoms with E-state index >= 15 is 0 Å². The Labute approximate surface area is 182 Å². The minimum absolute atomic E-state index is 0.0320. The van der Waals surface area contributed by atoms with Crippen LogP contribution in [-0.4, -0.2) is 17.1 Å². The topological polar surface area (TPSA) is 68.1 Å². The molecule has 1 atom stereocenters. The number of nitrogens with two attached hydrogens (primary N) is 1. The van der Waals surface area contributed by atoms with Gasteiger partial charge < -0.3 is 15.5 Å². The lowest BCUT2D eigenvalue weighted by Crippen LogP contribution is -2.51. The molecule has 0 amide bonds. The number of nitrogens with one attached hydrogen (secondary N) is 1. The molecule has 4 rings (SSSR count). The highest BCUT2D eigenvalue weighted by Crippen LogP contribution is 2.44. The molecule has 0 saturated heterocycles. The summed E-state index contributed by atoms with van der Waals surface area (Å²) in [6.45, 7) is 4.41. The summed E-state index contributed by atoms with van der Waals surface area (Å²) >= 11 is 6.44. The molecule has 0 aliphatic heterocycles. The van der Waals surface area contributed by atoms with E-state index in [0.717, 1.165) is 31.1 Å². The zero-order valence-corrected chi connectivity index (χ0v) is 18.3. The van der Waals surface area contributed by atoms with E-state index in [4.69, 9.17) is 22.1 Å². The maximum atomic E-state index is 12.0. The van der Waals surface area contributed by atoms with Crippen LogP contribution < -0.4 is 16.0 Å². The maximum absolute atomic E-state index is 12.0. The Morgan fingerprint density at radius 2 is 1.83 bits per heavy atom. The van der Waals surface area contributed by atoms with Crippen molar-refractivity contribution in [2.45, 2.75) is 57.1 Å². The highest BCUT2D eigenvalue weighted by atomic mass is 35.5. The van der Waals surface area contributed by atoms with E-state index in [0.29, 0.717) is 22.1 Å². The average Bonchev–Trinajstić information content (AvgIpc) is 2.76. The van der Waals surface area contributed by atoms with Gasteiger partial charge in [-0.15, -0.1) is 0 Å². The fraction of sp³-hybridized carbons (Fsp3) is 0.400. The number of halogens is 1. The predicted molar refractivity (Wildman–Crippen MR) is 123 cm³/mol. The van der Waals surface area contributed by atoms with Crippen LogP contribution >= 0.6 is 11.6 Å². The van der Waals surface area contributed by atoms with Crippen LogP contribution in [0.25, 0.3) is 10.8 Å². The van der Waals surface area contributed by atoms with Gasteiger partial charge in [-0.05, 0) is 60.7 Å². The number of ether oxygens (including phenoxy) is 1. The molecule has 2 aromatic carbocycles. The Hall–Kier alpha value is -2.30. The first-order valence-electron chi connectivity index (χ1n) is 10.7. The van der Waals surface area contributed by atoms with Gasteiger partial charge in [0.1, 0.15) is 5.75 Å². The third-order valence-corrected chi connectivity index (χ3v) is 6.94. The number of aromatic amines is 1. The monoisotopic (exact) mass is 424 g/mol. The van der Waals surface area contributed by atoms with Crippen LogP contribution in [0.2, 0.25) is 5.02 Å². The Morgan fingerprint density at radius 3 is 2.50 bits per heavy atom. The molecule has 1 aliphatic carbocycles. The van der Waals surface area contributed by atoms with Crippen LogP contribution in [0, 0.1) is 5.92 Å². The largest absolute Gasteiger partial charge is 0.489 e. The molecule has 158 valence electrons. The molecule has 1 aliphatic rings. The molecule has 4 nitrogen and oxygen atoms in total. The van der Waals surface area contributed by atoms with Gasteiger partial charge in [0, 0.05) is 23.0 Å². The van der Waals surface area contributed by atoms with E-state index < -0.39 is 0 Å². The van der Waals surface area contributed by atoms with Crippen molar-refractivity contribution in [3.8, 4) is 5.75 Å². The van der Waals surface area contributed by atoms with Gasteiger partial charge in [-0.3, -0.25) is 4.79 Å². The van der Waals surface area contributed by atoms with Gasteiger partial charge >= 0.3 is 0 Å². The van der Waals surface area contributed by atoms with Crippen LogP contribution in [0.15, 0.2) is 59.5 Å². The first kappa shape index (κ1) is 21.0. The fourth-order valence-electron chi connectivity index (χ4n) is 4.91. The second kappa shape index (κ2) is 8.44. The van der Waals surface area contributed by atoms with Crippen LogP contribution in [0.4, 0.5) is 0 Å². The molecule has 1 aromatic heterocycles. The quantitative estimate of drug-likeness (QED) is 0.574. The molecular formula is C25H29ClN2O2. The van der Waals surface area contributed by atoms with Crippen LogP contribution in [-0.2, 0) is 5.41 Å². The molecule has 1 heterocycles. The Morgan fingerprint density at radius 1 is 1.13 bits per heavy atom. The molecule has 1 fully saturated rings. The Bertz CT molecular complexity index is 1070. The van der Waals surface area contributed by atoms with Gasteiger partial charge in [-0.2, -0.15) is 0 Å². The number of aromatic nitrogens is 1. The second-order valence-electron chi connectivity index (χ2n) is 8.79. The molecule has 3 aromatic rings.